The van der Waals surface area contributed by atoms with Crippen LogP contribution < -0.4 is 5.59 Å². The molecule has 0 aliphatic heterocycles. The lowest BCUT2D eigenvalue weighted by Crippen LogP contribution is -2.32. The van der Waals surface area contributed by atoms with E-state index < -0.39 is 7.12 Å². The fourth-order valence-electron chi connectivity index (χ4n) is 2.18. The second kappa shape index (κ2) is 4.84. The van der Waals surface area contributed by atoms with Crippen LogP contribution in [0.1, 0.15) is 0 Å². The second-order valence-electron chi connectivity index (χ2n) is 4.35. The van der Waals surface area contributed by atoms with Crippen molar-refractivity contribution in [2.45, 2.75) is 0 Å². The minimum absolute atomic E-state index is 0.262. The van der Waals surface area contributed by atoms with Crippen molar-refractivity contribution < 1.29 is 10.0 Å². The molecular formula is C15H12BNO2. The Hall–Kier alpha value is -2.17. The molecule has 0 unspecified atom stereocenters. The molecule has 3 rings (SSSR count). The van der Waals surface area contributed by atoms with Crippen LogP contribution in [0.2, 0.25) is 0 Å². The van der Waals surface area contributed by atoms with Gasteiger partial charge in [-0.15, -0.1) is 0 Å². The summed E-state index contributed by atoms with van der Waals surface area (Å²) in [6.07, 6.45) is 0. The summed E-state index contributed by atoms with van der Waals surface area (Å²) in [5, 5.41) is 19.7. The number of aromatic nitrogens is 1. The molecule has 0 saturated carbocycles. The summed E-state index contributed by atoms with van der Waals surface area (Å²) in [5.41, 5.74) is 3.00. The van der Waals surface area contributed by atoms with Gasteiger partial charge >= 0.3 is 7.12 Å². The van der Waals surface area contributed by atoms with E-state index in [-0.39, 0.29) is 5.59 Å². The second-order valence-corrected chi connectivity index (χ2v) is 4.35. The van der Waals surface area contributed by atoms with Gasteiger partial charge in [-0.05, 0) is 23.3 Å². The first kappa shape index (κ1) is 11.9. The molecule has 1 aromatic heterocycles. The molecule has 0 atom stereocenters. The lowest BCUT2D eigenvalue weighted by Gasteiger charge is -2.09. The topological polar surface area (TPSA) is 53.4 Å². The van der Waals surface area contributed by atoms with Crippen molar-refractivity contribution >= 4 is 23.6 Å². The number of pyridine rings is 1. The van der Waals surface area contributed by atoms with Gasteiger partial charge in [0.25, 0.3) is 0 Å². The van der Waals surface area contributed by atoms with Gasteiger partial charge in [-0.1, -0.05) is 48.5 Å². The standard InChI is InChI=1S/C15H12BNO2/c18-16(19)15-10-13(11-6-2-1-3-7-11)12-8-4-5-9-14(12)17-15/h1-10,18-19H. The zero-order valence-electron chi connectivity index (χ0n) is 10.2. The normalized spacial score (nSPS) is 10.6. The monoisotopic (exact) mass is 249 g/mol. The molecule has 0 spiro atoms. The fraction of sp³-hybridized carbons (Fsp3) is 0. The van der Waals surface area contributed by atoms with E-state index >= 15 is 0 Å². The van der Waals surface area contributed by atoms with E-state index in [1.165, 1.54) is 0 Å². The van der Waals surface area contributed by atoms with Crippen molar-refractivity contribution in [3.63, 3.8) is 0 Å². The van der Waals surface area contributed by atoms with Crippen LogP contribution in [-0.4, -0.2) is 22.2 Å². The van der Waals surface area contributed by atoms with Crippen LogP contribution in [-0.2, 0) is 0 Å². The number of nitrogens with zero attached hydrogens (tertiary/aromatic N) is 1. The van der Waals surface area contributed by atoms with Crippen LogP contribution in [0.4, 0.5) is 0 Å². The van der Waals surface area contributed by atoms with E-state index in [2.05, 4.69) is 4.98 Å². The summed E-state index contributed by atoms with van der Waals surface area (Å²) >= 11 is 0. The molecule has 4 heteroatoms. The van der Waals surface area contributed by atoms with E-state index in [1.807, 2.05) is 54.6 Å². The molecule has 3 aromatic rings. The third kappa shape index (κ3) is 2.23. The predicted octanol–water partition coefficient (Wildman–Crippen LogP) is 1.58. The quantitative estimate of drug-likeness (QED) is 0.678. The number of hydrogen-bond acceptors (Lipinski definition) is 3. The molecular weight excluding hydrogens is 237 g/mol. The number of hydrogen-bond donors (Lipinski definition) is 2. The summed E-state index contributed by atoms with van der Waals surface area (Å²) in [7, 11) is -1.56. The average molecular weight is 249 g/mol. The Morgan fingerprint density at radius 1 is 0.842 bits per heavy atom. The number of para-hydroxylation sites is 1. The van der Waals surface area contributed by atoms with Crippen LogP contribution in [0.5, 0.6) is 0 Å². The highest BCUT2D eigenvalue weighted by molar-refractivity contribution is 6.57. The highest BCUT2D eigenvalue weighted by Crippen LogP contribution is 2.26. The highest BCUT2D eigenvalue weighted by atomic mass is 16.4. The van der Waals surface area contributed by atoms with Crippen LogP contribution in [0.3, 0.4) is 0 Å². The van der Waals surface area contributed by atoms with Crippen molar-refractivity contribution in [1.82, 2.24) is 4.98 Å². The summed E-state index contributed by atoms with van der Waals surface area (Å²) in [4.78, 5) is 4.26. The average Bonchev–Trinajstić information content (AvgIpc) is 2.47. The molecule has 92 valence electrons. The Bertz CT molecular complexity index is 714. The lowest BCUT2D eigenvalue weighted by molar-refractivity contribution is 0.424. The maximum atomic E-state index is 9.35. The van der Waals surface area contributed by atoms with Crippen molar-refractivity contribution in [3.05, 3.63) is 60.7 Å². The van der Waals surface area contributed by atoms with E-state index in [4.69, 9.17) is 0 Å². The Balaban J connectivity index is 2.33. The molecule has 0 bridgehead atoms. The molecule has 0 saturated heterocycles. The Kier molecular flexibility index (Phi) is 3.03. The predicted molar refractivity (Wildman–Crippen MR) is 77.0 cm³/mol. The van der Waals surface area contributed by atoms with Gasteiger partial charge in [0.05, 0.1) is 11.1 Å². The maximum absolute atomic E-state index is 9.35. The van der Waals surface area contributed by atoms with Gasteiger partial charge < -0.3 is 10.0 Å². The number of rotatable bonds is 2. The van der Waals surface area contributed by atoms with Crippen molar-refractivity contribution in [2.24, 2.45) is 0 Å². The van der Waals surface area contributed by atoms with Crippen molar-refractivity contribution in [1.29, 1.82) is 0 Å². The molecule has 0 aliphatic rings. The van der Waals surface area contributed by atoms with Crippen LogP contribution in [0.25, 0.3) is 22.0 Å². The third-order valence-electron chi connectivity index (χ3n) is 3.09. The number of benzene rings is 2. The largest absolute Gasteiger partial charge is 0.508 e. The molecule has 0 radical (unpaired) electrons. The molecule has 3 nitrogen and oxygen atoms in total. The van der Waals surface area contributed by atoms with Gasteiger partial charge in [-0.3, -0.25) is 4.98 Å². The summed E-state index contributed by atoms with van der Waals surface area (Å²) < 4.78 is 0. The summed E-state index contributed by atoms with van der Waals surface area (Å²) in [6, 6.07) is 19.3. The smallest absolute Gasteiger partial charge is 0.422 e. The van der Waals surface area contributed by atoms with Crippen molar-refractivity contribution in [3.8, 4) is 11.1 Å². The van der Waals surface area contributed by atoms with Gasteiger partial charge in [-0.2, -0.15) is 0 Å². The molecule has 2 N–H and O–H groups in total. The third-order valence-corrected chi connectivity index (χ3v) is 3.09. The van der Waals surface area contributed by atoms with Crippen LogP contribution in [0.15, 0.2) is 60.7 Å². The highest BCUT2D eigenvalue weighted by Gasteiger charge is 2.16. The molecule has 2 aromatic carbocycles. The molecule has 0 fully saturated rings. The minimum atomic E-state index is -1.56. The SMILES string of the molecule is OB(O)c1cc(-c2ccccc2)c2ccccc2n1. The zero-order chi connectivity index (χ0) is 13.2. The van der Waals surface area contributed by atoms with Gasteiger partial charge in [-0.25, -0.2) is 0 Å². The van der Waals surface area contributed by atoms with Gasteiger partial charge in [0.1, 0.15) is 0 Å². The maximum Gasteiger partial charge on any atom is 0.508 e. The molecule has 0 aliphatic carbocycles. The van der Waals surface area contributed by atoms with Gasteiger partial charge in [0.2, 0.25) is 0 Å². The lowest BCUT2D eigenvalue weighted by atomic mass is 9.83. The van der Waals surface area contributed by atoms with E-state index in [0.29, 0.717) is 0 Å². The molecule has 0 amide bonds. The van der Waals surface area contributed by atoms with Gasteiger partial charge in [0.15, 0.2) is 0 Å². The number of fused-ring (bicyclic) bond motifs is 1. The first-order valence-electron chi connectivity index (χ1n) is 6.07. The molecule has 1 heterocycles. The minimum Gasteiger partial charge on any atom is -0.422 e. The fourth-order valence-corrected chi connectivity index (χ4v) is 2.18. The van der Waals surface area contributed by atoms with Crippen LogP contribution in [0, 0.1) is 0 Å². The van der Waals surface area contributed by atoms with E-state index in [9.17, 15) is 10.0 Å². The first-order chi connectivity index (χ1) is 9.25. The Labute approximate surface area is 111 Å². The molecule has 19 heavy (non-hydrogen) atoms. The van der Waals surface area contributed by atoms with Gasteiger partial charge in [0, 0.05) is 5.39 Å². The summed E-state index contributed by atoms with van der Waals surface area (Å²) in [5.74, 6) is 0. The van der Waals surface area contributed by atoms with Crippen LogP contribution >= 0.6 is 0 Å². The first-order valence-corrected chi connectivity index (χ1v) is 6.07. The van der Waals surface area contributed by atoms with Crippen molar-refractivity contribution in [2.75, 3.05) is 0 Å². The van der Waals surface area contributed by atoms with E-state index in [1.54, 1.807) is 6.07 Å². The zero-order valence-corrected chi connectivity index (χ0v) is 10.2. The Morgan fingerprint density at radius 2 is 1.53 bits per heavy atom. The Morgan fingerprint density at radius 3 is 2.26 bits per heavy atom. The summed E-state index contributed by atoms with van der Waals surface area (Å²) in [6.45, 7) is 0. The van der Waals surface area contributed by atoms with E-state index in [0.717, 1.165) is 22.0 Å².